The van der Waals surface area contributed by atoms with Crippen LogP contribution in [0.5, 0.6) is 0 Å². The first-order chi connectivity index (χ1) is 8.77. The van der Waals surface area contributed by atoms with Crippen molar-refractivity contribution in [3.8, 4) is 0 Å². The van der Waals surface area contributed by atoms with Gasteiger partial charge in [0, 0.05) is 6.04 Å². The fourth-order valence-corrected chi connectivity index (χ4v) is 4.26. The maximum absolute atomic E-state index is 12.9. The van der Waals surface area contributed by atoms with Gasteiger partial charge in [0.25, 0.3) is 0 Å². The summed E-state index contributed by atoms with van der Waals surface area (Å²) < 4.78 is 0. The topological polar surface area (TPSA) is 32.3 Å². The number of hydrogen-bond acceptors (Lipinski definition) is 2. The Bertz CT molecular complexity index is 316. The average molecular weight is 250 g/mol. The quantitative estimate of drug-likeness (QED) is 0.835. The van der Waals surface area contributed by atoms with Gasteiger partial charge in [-0.05, 0) is 32.1 Å². The highest BCUT2D eigenvalue weighted by atomic mass is 16.2. The highest BCUT2D eigenvalue weighted by molar-refractivity contribution is 5.89. The summed E-state index contributed by atoms with van der Waals surface area (Å²) in [7, 11) is 0. The molecule has 1 amide bonds. The van der Waals surface area contributed by atoms with Crippen LogP contribution >= 0.6 is 0 Å². The Morgan fingerprint density at radius 1 is 1.22 bits per heavy atom. The minimum atomic E-state index is -0.164. The summed E-state index contributed by atoms with van der Waals surface area (Å²) in [6.45, 7) is 2.22. The standard InChI is InChI=1S/C15H26N2O/c1-2-7-13-16-15(10-5-6-11-15)14(18)17(13)12-8-3-4-9-12/h12-13,16H,2-11H2,1H3. The summed E-state index contributed by atoms with van der Waals surface area (Å²) in [6.07, 6.45) is 12.2. The molecule has 0 radical (unpaired) electrons. The number of amides is 1. The van der Waals surface area contributed by atoms with Gasteiger partial charge in [-0.15, -0.1) is 0 Å². The van der Waals surface area contributed by atoms with E-state index in [1.54, 1.807) is 0 Å². The number of nitrogens with zero attached hydrogens (tertiary/aromatic N) is 1. The molecule has 3 aliphatic rings. The monoisotopic (exact) mass is 250 g/mol. The second kappa shape index (κ2) is 4.84. The molecule has 1 aliphatic heterocycles. The molecule has 1 unspecified atom stereocenters. The van der Waals surface area contributed by atoms with Gasteiger partial charge in [-0.2, -0.15) is 0 Å². The molecule has 1 N–H and O–H groups in total. The first-order valence-electron chi connectivity index (χ1n) is 7.87. The smallest absolute Gasteiger partial charge is 0.244 e. The number of rotatable bonds is 3. The molecule has 2 aliphatic carbocycles. The number of carbonyl (C=O) groups excluding carboxylic acids is 1. The molecule has 1 atom stereocenters. The molecule has 0 aromatic heterocycles. The highest BCUT2D eigenvalue weighted by Crippen LogP contribution is 2.40. The molecule has 1 heterocycles. The lowest BCUT2D eigenvalue weighted by Crippen LogP contribution is -2.45. The van der Waals surface area contributed by atoms with Gasteiger partial charge in [0.05, 0.1) is 11.7 Å². The Kier molecular flexibility index (Phi) is 3.35. The zero-order chi connectivity index (χ0) is 12.6. The Morgan fingerprint density at radius 2 is 1.89 bits per heavy atom. The normalized spacial score (nSPS) is 31.9. The molecule has 2 saturated carbocycles. The zero-order valence-electron chi connectivity index (χ0n) is 11.6. The van der Waals surface area contributed by atoms with E-state index in [2.05, 4.69) is 17.1 Å². The van der Waals surface area contributed by atoms with Crippen molar-refractivity contribution in [1.29, 1.82) is 0 Å². The van der Waals surface area contributed by atoms with Crippen molar-refractivity contribution in [2.75, 3.05) is 0 Å². The van der Waals surface area contributed by atoms with Gasteiger partial charge in [-0.3, -0.25) is 10.1 Å². The van der Waals surface area contributed by atoms with E-state index in [0.29, 0.717) is 18.1 Å². The van der Waals surface area contributed by atoms with E-state index in [1.807, 2.05) is 0 Å². The minimum Gasteiger partial charge on any atom is -0.323 e. The minimum absolute atomic E-state index is 0.164. The van der Waals surface area contributed by atoms with Crippen LogP contribution < -0.4 is 5.32 Å². The lowest BCUT2D eigenvalue weighted by molar-refractivity contribution is -0.135. The highest BCUT2D eigenvalue weighted by Gasteiger charge is 2.53. The predicted octanol–water partition coefficient (Wildman–Crippen LogP) is 2.80. The molecular formula is C15H26N2O. The van der Waals surface area contributed by atoms with E-state index < -0.39 is 0 Å². The van der Waals surface area contributed by atoms with Crippen LogP contribution in [-0.4, -0.2) is 28.6 Å². The summed E-state index contributed by atoms with van der Waals surface area (Å²) in [4.78, 5) is 15.1. The molecule has 3 rings (SSSR count). The van der Waals surface area contributed by atoms with Gasteiger partial charge < -0.3 is 4.90 Å². The van der Waals surface area contributed by atoms with Crippen LogP contribution in [0.3, 0.4) is 0 Å². The fraction of sp³-hybridized carbons (Fsp3) is 0.933. The third-order valence-electron chi connectivity index (χ3n) is 5.16. The van der Waals surface area contributed by atoms with Gasteiger partial charge in [-0.1, -0.05) is 39.0 Å². The SMILES string of the molecule is CCCC1NC2(CCCC2)C(=O)N1C1CCCC1. The Labute approximate surface area is 110 Å². The van der Waals surface area contributed by atoms with E-state index in [1.165, 1.54) is 38.5 Å². The third kappa shape index (κ3) is 1.87. The maximum atomic E-state index is 12.9. The number of hydrogen-bond donors (Lipinski definition) is 1. The van der Waals surface area contributed by atoms with Crippen LogP contribution in [0.25, 0.3) is 0 Å². The van der Waals surface area contributed by atoms with Crippen molar-refractivity contribution >= 4 is 5.91 Å². The lowest BCUT2D eigenvalue weighted by atomic mass is 9.97. The molecule has 0 aromatic carbocycles. The van der Waals surface area contributed by atoms with Crippen molar-refractivity contribution in [1.82, 2.24) is 10.2 Å². The summed E-state index contributed by atoms with van der Waals surface area (Å²) in [5, 5.41) is 3.72. The summed E-state index contributed by atoms with van der Waals surface area (Å²) in [5.41, 5.74) is -0.164. The summed E-state index contributed by atoms with van der Waals surface area (Å²) >= 11 is 0. The number of nitrogens with one attached hydrogen (secondary N) is 1. The van der Waals surface area contributed by atoms with E-state index in [-0.39, 0.29) is 5.54 Å². The van der Waals surface area contributed by atoms with E-state index >= 15 is 0 Å². The second-order valence-electron chi connectivity index (χ2n) is 6.39. The van der Waals surface area contributed by atoms with E-state index in [0.717, 1.165) is 25.7 Å². The summed E-state index contributed by atoms with van der Waals surface area (Å²) in [6, 6.07) is 0.529. The van der Waals surface area contributed by atoms with Gasteiger partial charge in [-0.25, -0.2) is 0 Å². The van der Waals surface area contributed by atoms with Crippen molar-refractivity contribution in [2.24, 2.45) is 0 Å². The van der Waals surface area contributed by atoms with Crippen LogP contribution in [0.2, 0.25) is 0 Å². The largest absolute Gasteiger partial charge is 0.323 e. The molecule has 3 nitrogen and oxygen atoms in total. The van der Waals surface area contributed by atoms with Crippen LogP contribution in [0.1, 0.15) is 71.1 Å². The molecule has 0 bridgehead atoms. The third-order valence-corrected chi connectivity index (χ3v) is 5.16. The van der Waals surface area contributed by atoms with E-state index in [9.17, 15) is 4.79 Å². The molecule has 1 saturated heterocycles. The Hall–Kier alpha value is -0.570. The molecule has 1 spiro atoms. The molecule has 102 valence electrons. The van der Waals surface area contributed by atoms with Crippen molar-refractivity contribution in [3.05, 3.63) is 0 Å². The van der Waals surface area contributed by atoms with Crippen molar-refractivity contribution in [2.45, 2.75) is 88.9 Å². The van der Waals surface area contributed by atoms with Gasteiger partial charge in [0.2, 0.25) is 5.91 Å². The average Bonchev–Trinajstić information content (AvgIpc) is 3.04. The maximum Gasteiger partial charge on any atom is 0.244 e. The summed E-state index contributed by atoms with van der Waals surface area (Å²) in [5.74, 6) is 0.436. The zero-order valence-corrected chi connectivity index (χ0v) is 11.6. The Balaban J connectivity index is 1.82. The Morgan fingerprint density at radius 3 is 2.50 bits per heavy atom. The first-order valence-corrected chi connectivity index (χ1v) is 7.87. The van der Waals surface area contributed by atoms with Crippen molar-refractivity contribution in [3.63, 3.8) is 0 Å². The lowest BCUT2D eigenvalue weighted by Gasteiger charge is -2.30. The van der Waals surface area contributed by atoms with Gasteiger partial charge in [0.15, 0.2) is 0 Å². The van der Waals surface area contributed by atoms with Crippen LogP contribution in [0, 0.1) is 0 Å². The predicted molar refractivity (Wildman–Crippen MR) is 72.1 cm³/mol. The first kappa shape index (κ1) is 12.5. The number of carbonyl (C=O) groups is 1. The van der Waals surface area contributed by atoms with Crippen molar-refractivity contribution < 1.29 is 4.79 Å². The molecule has 3 fully saturated rings. The van der Waals surface area contributed by atoms with Gasteiger partial charge in [0.1, 0.15) is 0 Å². The van der Waals surface area contributed by atoms with E-state index in [4.69, 9.17) is 0 Å². The van der Waals surface area contributed by atoms with Crippen LogP contribution in [0.4, 0.5) is 0 Å². The fourth-order valence-electron chi connectivity index (χ4n) is 4.26. The second-order valence-corrected chi connectivity index (χ2v) is 6.39. The van der Waals surface area contributed by atoms with Crippen LogP contribution in [-0.2, 0) is 4.79 Å². The molecular weight excluding hydrogens is 224 g/mol. The molecule has 3 heteroatoms. The van der Waals surface area contributed by atoms with Crippen LogP contribution in [0.15, 0.2) is 0 Å². The van der Waals surface area contributed by atoms with Gasteiger partial charge >= 0.3 is 0 Å². The molecule has 0 aromatic rings. The molecule has 18 heavy (non-hydrogen) atoms.